The predicted octanol–water partition coefficient (Wildman–Crippen LogP) is 4.08. The van der Waals surface area contributed by atoms with Gasteiger partial charge in [-0.25, -0.2) is 4.98 Å². The summed E-state index contributed by atoms with van der Waals surface area (Å²) in [4.78, 5) is 17.8. The topological polar surface area (TPSA) is 54.5 Å². The number of carbonyl (C=O) groups is 1. The van der Waals surface area contributed by atoms with Crippen molar-refractivity contribution in [3.05, 3.63) is 64.6 Å². The minimum Gasteiger partial charge on any atom is -0.484 e. The van der Waals surface area contributed by atoms with Crippen LogP contribution in [-0.4, -0.2) is 36.5 Å². The number of anilines is 1. The Morgan fingerprint density at radius 3 is 2.77 bits per heavy atom. The van der Waals surface area contributed by atoms with Crippen molar-refractivity contribution in [1.29, 1.82) is 0 Å². The smallest absolute Gasteiger partial charge is 0.259 e. The van der Waals surface area contributed by atoms with Gasteiger partial charge in [0.25, 0.3) is 5.91 Å². The molecule has 0 saturated heterocycles. The van der Waals surface area contributed by atoms with E-state index < -0.39 is 0 Å². The Bertz CT molecular complexity index is 928. The van der Waals surface area contributed by atoms with Gasteiger partial charge in [-0.05, 0) is 51.8 Å². The van der Waals surface area contributed by atoms with Gasteiger partial charge in [-0.3, -0.25) is 4.79 Å². The van der Waals surface area contributed by atoms with E-state index in [4.69, 9.17) is 4.74 Å². The molecular formula is C20H20BrN3O2. The fraction of sp³-hybridized carbons (Fsp3) is 0.200. The molecule has 0 fully saturated rings. The standard InChI is InChI=1S/C20H20BrN3O2/c1-24(2)19(25)13-26-16-7-3-5-14(11-16)12-22-18-10-9-15-6-4-8-17(21)20(15)23-18/h3-11H,12-13H2,1-2H3,(H,22,23). The van der Waals surface area contributed by atoms with E-state index in [0.29, 0.717) is 12.3 Å². The third kappa shape index (κ3) is 4.52. The molecule has 1 amide bonds. The van der Waals surface area contributed by atoms with Crippen LogP contribution in [0.3, 0.4) is 0 Å². The lowest BCUT2D eigenvalue weighted by molar-refractivity contribution is -0.130. The van der Waals surface area contributed by atoms with E-state index >= 15 is 0 Å². The Hall–Kier alpha value is -2.60. The third-order valence-corrected chi connectivity index (χ3v) is 4.54. The number of pyridine rings is 1. The number of rotatable bonds is 6. The van der Waals surface area contributed by atoms with Crippen LogP contribution in [0.2, 0.25) is 0 Å². The summed E-state index contributed by atoms with van der Waals surface area (Å²) in [5.41, 5.74) is 1.98. The minimum absolute atomic E-state index is 0.0319. The van der Waals surface area contributed by atoms with Crippen molar-refractivity contribution in [3.63, 3.8) is 0 Å². The van der Waals surface area contributed by atoms with Crippen molar-refractivity contribution >= 4 is 38.6 Å². The number of fused-ring (bicyclic) bond motifs is 1. The third-order valence-electron chi connectivity index (χ3n) is 3.90. The van der Waals surface area contributed by atoms with Crippen LogP contribution in [-0.2, 0) is 11.3 Å². The zero-order valence-corrected chi connectivity index (χ0v) is 16.3. The molecule has 0 saturated carbocycles. The summed E-state index contributed by atoms with van der Waals surface area (Å²) >= 11 is 3.54. The molecule has 0 aliphatic rings. The second-order valence-corrected chi connectivity index (χ2v) is 6.94. The number of hydrogen-bond donors (Lipinski definition) is 1. The average Bonchev–Trinajstić information content (AvgIpc) is 2.65. The van der Waals surface area contributed by atoms with Gasteiger partial charge in [-0.1, -0.05) is 24.3 Å². The van der Waals surface area contributed by atoms with Crippen LogP contribution in [0.25, 0.3) is 10.9 Å². The maximum atomic E-state index is 11.6. The van der Waals surface area contributed by atoms with E-state index in [1.165, 1.54) is 4.90 Å². The van der Waals surface area contributed by atoms with Crippen LogP contribution in [0, 0.1) is 0 Å². The first kappa shape index (κ1) is 18.2. The van der Waals surface area contributed by atoms with E-state index in [2.05, 4.69) is 26.2 Å². The van der Waals surface area contributed by atoms with Gasteiger partial charge in [0.15, 0.2) is 6.61 Å². The number of benzene rings is 2. The molecule has 2 aromatic carbocycles. The molecule has 1 heterocycles. The predicted molar refractivity (Wildman–Crippen MR) is 107 cm³/mol. The number of aromatic nitrogens is 1. The van der Waals surface area contributed by atoms with E-state index in [0.717, 1.165) is 26.8 Å². The SMILES string of the molecule is CN(C)C(=O)COc1cccc(CNc2ccc3cccc(Br)c3n2)c1. The van der Waals surface area contributed by atoms with Crippen molar-refractivity contribution in [2.24, 2.45) is 0 Å². The Morgan fingerprint density at radius 1 is 1.15 bits per heavy atom. The Labute approximate surface area is 161 Å². The summed E-state index contributed by atoms with van der Waals surface area (Å²) in [6.45, 7) is 0.645. The van der Waals surface area contributed by atoms with Gasteiger partial charge >= 0.3 is 0 Å². The van der Waals surface area contributed by atoms with E-state index in [1.807, 2.05) is 54.6 Å². The lowest BCUT2D eigenvalue weighted by Crippen LogP contribution is -2.27. The maximum Gasteiger partial charge on any atom is 0.259 e. The van der Waals surface area contributed by atoms with Gasteiger partial charge in [-0.2, -0.15) is 0 Å². The zero-order valence-electron chi connectivity index (χ0n) is 14.7. The van der Waals surface area contributed by atoms with Crippen molar-refractivity contribution in [1.82, 2.24) is 9.88 Å². The summed E-state index contributed by atoms with van der Waals surface area (Å²) in [5.74, 6) is 1.41. The first-order valence-electron chi connectivity index (χ1n) is 8.24. The summed E-state index contributed by atoms with van der Waals surface area (Å²) in [6.07, 6.45) is 0. The minimum atomic E-state index is -0.0699. The number of carbonyl (C=O) groups excluding carboxylic acids is 1. The maximum absolute atomic E-state index is 11.6. The zero-order chi connectivity index (χ0) is 18.5. The monoisotopic (exact) mass is 413 g/mol. The molecule has 0 atom stereocenters. The summed E-state index contributed by atoms with van der Waals surface area (Å²) in [5, 5.41) is 4.42. The van der Waals surface area contributed by atoms with Crippen LogP contribution in [0.5, 0.6) is 5.75 Å². The number of likely N-dealkylation sites (N-methyl/N-ethyl adjacent to an activating group) is 1. The largest absolute Gasteiger partial charge is 0.484 e. The number of ether oxygens (including phenoxy) is 1. The summed E-state index contributed by atoms with van der Waals surface area (Å²) in [7, 11) is 3.42. The number of nitrogens with one attached hydrogen (secondary N) is 1. The highest BCUT2D eigenvalue weighted by atomic mass is 79.9. The highest BCUT2D eigenvalue weighted by molar-refractivity contribution is 9.10. The molecule has 0 radical (unpaired) electrons. The molecule has 3 rings (SSSR count). The number of halogens is 1. The quantitative estimate of drug-likeness (QED) is 0.661. The molecule has 0 unspecified atom stereocenters. The van der Waals surface area contributed by atoms with Gasteiger partial charge in [-0.15, -0.1) is 0 Å². The normalized spacial score (nSPS) is 10.6. The average molecular weight is 414 g/mol. The van der Waals surface area contributed by atoms with Crippen molar-refractivity contribution in [2.75, 3.05) is 26.0 Å². The lowest BCUT2D eigenvalue weighted by Gasteiger charge is -2.12. The van der Waals surface area contributed by atoms with Crippen molar-refractivity contribution < 1.29 is 9.53 Å². The van der Waals surface area contributed by atoms with E-state index in [-0.39, 0.29) is 12.5 Å². The second-order valence-electron chi connectivity index (χ2n) is 6.09. The number of nitrogens with zero attached hydrogens (tertiary/aromatic N) is 2. The first-order chi connectivity index (χ1) is 12.5. The number of para-hydroxylation sites is 1. The van der Waals surface area contributed by atoms with Gasteiger partial charge in [0, 0.05) is 30.5 Å². The fourth-order valence-corrected chi connectivity index (χ4v) is 2.89. The van der Waals surface area contributed by atoms with Crippen LogP contribution < -0.4 is 10.1 Å². The van der Waals surface area contributed by atoms with Crippen LogP contribution >= 0.6 is 15.9 Å². The Morgan fingerprint density at radius 2 is 1.96 bits per heavy atom. The molecule has 26 heavy (non-hydrogen) atoms. The van der Waals surface area contributed by atoms with Crippen LogP contribution in [0.1, 0.15) is 5.56 Å². The molecule has 0 aliphatic heterocycles. The molecule has 5 nitrogen and oxygen atoms in total. The van der Waals surface area contributed by atoms with Crippen LogP contribution in [0.4, 0.5) is 5.82 Å². The van der Waals surface area contributed by atoms with Crippen LogP contribution in [0.15, 0.2) is 59.1 Å². The van der Waals surface area contributed by atoms with E-state index in [1.54, 1.807) is 14.1 Å². The lowest BCUT2D eigenvalue weighted by atomic mass is 10.2. The second kappa shape index (κ2) is 8.19. The number of hydrogen-bond acceptors (Lipinski definition) is 4. The molecular weight excluding hydrogens is 394 g/mol. The highest BCUT2D eigenvalue weighted by Crippen LogP contribution is 2.23. The fourth-order valence-electron chi connectivity index (χ4n) is 2.42. The van der Waals surface area contributed by atoms with Gasteiger partial charge < -0.3 is 15.0 Å². The van der Waals surface area contributed by atoms with Gasteiger partial charge in [0.1, 0.15) is 11.6 Å². The van der Waals surface area contributed by atoms with E-state index in [9.17, 15) is 4.79 Å². The number of amides is 1. The first-order valence-corrected chi connectivity index (χ1v) is 9.03. The summed E-state index contributed by atoms with van der Waals surface area (Å²) < 4.78 is 6.53. The molecule has 0 aliphatic carbocycles. The van der Waals surface area contributed by atoms with Crippen molar-refractivity contribution in [2.45, 2.75) is 6.54 Å². The van der Waals surface area contributed by atoms with Gasteiger partial charge in [0.2, 0.25) is 0 Å². The van der Waals surface area contributed by atoms with Crippen molar-refractivity contribution in [3.8, 4) is 5.75 Å². The Balaban J connectivity index is 1.65. The molecule has 1 N–H and O–H groups in total. The molecule has 0 bridgehead atoms. The molecule has 1 aromatic heterocycles. The molecule has 6 heteroatoms. The molecule has 0 spiro atoms. The highest BCUT2D eigenvalue weighted by Gasteiger charge is 2.06. The molecule has 3 aromatic rings. The Kier molecular flexibility index (Phi) is 5.73. The summed E-state index contributed by atoms with van der Waals surface area (Å²) in [6, 6.07) is 17.7. The molecule has 134 valence electrons. The van der Waals surface area contributed by atoms with Gasteiger partial charge in [0.05, 0.1) is 5.52 Å².